The van der Waals surface area contributed by atoms with Gasteiger partial charge in [0.25, 0.3) is 0 Å². The van der Waals surface area contributed by atoms with E-state index in [4.69, 9.17) is 4.74 Å². The van der Waals surface area contributed by atoms with Crippen molar-refractivity contribution in [1.82, 2.24) is 10.2 Å². The molecule has 1 heterocycles. The Labute approximate surface area is 140 Å². The molecule has 1 aromatic carbocycles. The number of carbonyl (C=O) groups excluding carboxylic acids is 1. The molecule has 128 valence electrons. The van der Waals surface area contributed by atoms with E-state index in [-0.39, 0.29) is 11.3 Å². The largest absolute Gasteiger partial charge is 0.494 e. The minimum absolute atomic E-state index is 0.198. The maximum absolute atomic E-state index is 12.5. The van der Waals surface area contributed by atoms with Crippen molar-refractivity contribution in [2.45, 2.75) is 39.5 Å². The topological polar surface area (TPSA) is 41.6 Å². The van der Waals surface area contributed by atoms with E-state index in [2.05, 4.69) is 43.2 Å². The fourth-order valence-corrected chi connectivity index (χ4v) is 2.88. The summed E-state index contributed by atoms with van der Waals surface area (Å²) >= 11 is 0. The van der Waals surface area contributed by atoms with Crippen LogP contribution in [0.5, 0.6) is 5.75 Å². The molecular formula is C19H30N2O2. The monoisotopic (exact) mass is 318 g/mol. The molecule has 23 heavy (non-hydrogen) atoms. The Balaban J connectivity index is 1.79. The second-order valence-corrected chi connectivity index (χ2v) is 6.87. The lowest BCUT2D eigenvalue weighted by Crippen LogP contribution is -2.46. The van der Waals surface area contributed by atoms with E-state index < -0.39 is 0 Å². The van der Waals surface area contributed by atoms with Crippen molar-refractivity contribution < 1.29 is 9.53 Å². The van der Waals surface area contributed by atoms with Crippen molar-refractivity contribution in [1.29, 1.82) is 0 Å². The first-order valence-corrected chi connectivity index (χ1v) is 8.72. The van der Waals surface area contributed by atoms with Gasteiger partial charge in [0, 0.05) is 12.0 Å². The average Bonchev–Trinajstić information content (AvgIpc) is 2.56. The molecule has 1 aromatic rings. The van der Waals surface area contributed by atoms with Crippen LogP contribution in [0, 0.1) is 5.41 Å². The van der Waals surface area contributed by atoms with Crippen molar-refractivity contribution >= 4 is 5.91 Å². The molecule has 1 aliphatic heterocycles. The third kappa shape index (κ3) is 5.24. The number of rotatable bonds is 7. The molecule has 0 aromatic heterocycles. The summed E-state index contributed by atoms with van der Waals surface area (Å²) in [7, 11) is 2.12. The lowest BCUT2D eigenvalue weighted by Gasteiger charge is -2.36. The summed E-state index contributed by atoms with van der Waals surface area (Å²) in [5.41, 5.74) is 0.992. The highest BCUT2D eigenvalue weighted by molar-refractivity contribution is 5.82. The lowest BCUT2D eigenvalue weighted by atomic mass is 9.79. The first-order chi connectivity index (χ1) is 11.0. The van der Waals surface area contributed by atoms with Crippen LogP contribution in [0.25, 0.3) is 0 Å². The SMILES string of the molecule is CCCOc1cccc(CCNC(=O)C2(C)CCN(C)CC2)c1. The van der Waals surface area contributed by atoms with Gasteiger partial charge in [-0.05, 0) is 63.5 Å². The van der Waals surface area contributed by atoms with Crippen LogP contribution >= 0.6 is 0 Å². The maximum atomic E-state index is 12.5. The van der Waals surface area contributed by atoms with Gasteiger partial charge in [0.2, 0.25) is 5.91 Å². The van der Waals surface area contributed by atoms with Crippen molar-refractivity contribution in [2.75, 3.05) is 33.3 Å². The molecule has 4 nitrogen and oxygen atoms in total. The first-order valence-electron chi connectivity index (χ1n) is 8.72. The van der Waals surface area contributed by atoms with Crippen molar-refractivity contribution in [3.63, 3.8) is 0 Å². The van der Waals surface area contributed by atoms with E-state index in [9.17, 15) is 4.79 Å². The van der Waals surface area contributed by atoms with Crippen molar-refractivity contribution in [3.8, 4) is 5.75 Å². The average molecular weight is 318 g/mol. The number of nitrogens with one attached hydrogen (secondary N) is 1. The molecule has 4 heteroatoms. The fraction of sp³-hybridized carbons (Fsp3) is 0.632. The second kappa shape index (κ2) is 8.34. The number of ether oxygens (including phenoxy) is 1. The first kappa shape index (κ1) is 17.8. The zero-order chi connectivity index (χ0) is 16.7. The van der Waals surface area contributed by atoms with Crippen LogP contribution in [-0.2, 0) is 11.2 Å². The van der Waals surface area contributed by atoms with E-state index in [0.717, 1.165) is 51.1 Å². The molecule has 1 amide bonds. The molecule has 0 saturated carbocycles. The Hall–Kier alpha value is -1.55. The van der Waals surface area contributed by atoms with E-state index >= 15 is 0 Å². The molecule has 1 aliphatic rings. The Bertz CT molecular complexity index is 508. The summed E-state index contributed by atoms with van der Waals surface area (Å²) in [6.07, 6.45) is 3.73. The summed E-state index contributed by atoms with van der Waals surface area (Å²) < 4.78 is 5.65. The fourth-order valence-electron chi connectivity index (χ4n) is 2.88. The molecule has 2 rings (SSSR count). The molecule has 0 bridgehead atoms. The van der Waals surface area contributed by atoms with E-state index in [0.29, 0.717) is 6.54 Å². The smallest absolute Gasteiger partial charge is 0.226 e. The highest BCUT2D eigenvalue weighted by Crippen LogP contribution is 2.30. The van der Waals surface area contributed by atoms with Gasteiger partial charge in [-0.1, -0.05) is 26.0 Å². The second-order valence-electron chi connectivity index (χ2n) is 6.87. The molecule has 0 spiro atoms. The summed E-state index contributed by atoms with van der Waals surface area (Å²) in [4.78, 5) is 14.8. The van der Waals surface area contributed by atoms with Gasteiger partial charge in [-0.3, -0.25) is 4.79 Å². The highest BCUT2D eigenvalue weighted by atomic mass is 16.5. The summed E-state index contributed by atoms with van der Waals surface area (Å²) in [5.74, 6) is 1.11. The van der Waals surface area contributed by atoms with Crippen LogP contribution in [0.2, 0.25) is 0 Å². The van der Waals surface area contributed by atoms with E-state index in [1.807, 2.05) is 12.1 Å². The van der Waals surface area contributed by atoms with Gasteiger partial charge in [-0.15, -0.1) is 0 Å². The number of carbonyl (C=O) groups is 1. The van der Waals surface area contributed by atoms with Gasteiger partial charge in [-0.2, -0.15) is 0 Å². The van der Waals surface area contributed by atoms with Crippen LogP contribution in [0.1, 0.15) is 38.7 Å². The van der Waals surface area contributed by atoms with Crippen molar-refractivity contribution in [3.05, 3.63) is 29.8 Å². The third-order valence-electron chi connectivity index (χ3n) is 4.71. The van der Waals surface area contributed by atoms with Crippen molar-refractivity contribution in [2.24, 2.45) is 5.41 Å². The van der Waals surface area contributed by atoms with Crippen LogP contribution in [0.3, 0.4) is 0 Å². The van der Waals surface area contributed by atoms with Gasteiger partial charge < -0.3 is 15.0 Å². The third-order valence-corrected chi connectivity index (χ3v) is 4.71. The van der Waals surface area contributed by atoms with Gasteiger partial charge in [-0.25, -0.2) is 0 Å². The summed E-state index contributed by atoms with van der Waals surface area (Å²) in [6.45, 7) is 7.62. The van der Waals surface area contributed by atoms with Crippen LogP contribution < -0.4 is 10.1 Å². The molecule has 1 fully saturated rings. The minimum Gasteiger partial charge on any atom is -0.494 e. The number of benzene rings is 1. The maximum Gasteiger partial charge on any atom is 0.226 e. The van der Waals surface area contributed by atoms with Crippen LogP contribution in [0.4, 0.5) is 0 Å². The van der Waals surface area contributed by atoms with E-state index in [1.165, 1.54) is 5.56 Å². The highest BCUT2D eigenvalue weighted by Gasteiger charge is 2.35. The molecule has 0 atom stereocenters. The minimum atomic E-state index is -0.210. The van der Waals surface area contributed by atoms with Crippen LogP contribution in [-0.4, -0.2) is 44.1 Å². The Morgan fingerprint density at radius 1 is 1.35 bits per heavy atom. The number of likely N-dealkylation sites (tertiary alicyclic amines) is 1. The van der Waals surface area contributed by atoms with E-state index in [1.54, 1.807) is 0 Å². The normalized spacial score (nSPS) is 17.7. The lowest BCUT2D eigenvalue weighted by molar-refractivity contribution is -0.132. The quantitative estimate of drug-likeness (QED) is 0.840. The van der Waals surface area contributed by atoms with Gasteiger partial charge in [0.15, 0.2) is 0 Å². The number of nitrogens with zero attached hydrogens (tertiary/aromatic N) is 1. The molecule has 0 unspecified atom stereocenters. The summed E-state index contributed by atoms with van der Waals surface area (Å²) in [6, 6.07) is 8.15. The zero-order valence-electron chi connectivity index (χ0n) is 14.7. The Kier molecular flexibility index (Phi) is 6.46. The summed E-state index contributed by atoms with van der Waals surface area (Å²) in [5, 5.41) is 3.12. The standard InChI is InChI=1S/C19H30N2O2/c1-4-14-23-17-7-5-6-16(15-17)8-11-20-18(22)19(2)9-12-21(3)13-10-19/h5-7,15H,4,8-14H2,1-3H3,(H,20,22). The number of hydrogen-bond donors (Lipinski definition) is 1. The molecule has 0 radical (unpaired) electrons. The number of hydrogen-bond acceptors (Lipinski definition) is 3. The molecular weight excluding hydrogens is 288 g/mol. The van der Waals surface area contributed by atoms with Gasteiger partial charge in [0.1, 0.15) is 5.75 Å². The van der Waals surface area contributed by atoms with Gasteiger partial charge in [0.05, 0.1) is 6.61 Å². The predicted molar refractivity (Wildman–Crippen MR) is 93.8 cm³/mol. The zero-order valence-corrected chi connectivity index (χ0v) is 14.7. The Morgan fingerprint density at radius 2 is 2.09 bits per heavy atom. The Morgan fingerprint density at radius 3 is 2.78 bits per heavy atom. The molecule has 1 N–H and O–H groups in total. The molecule has 0 aliphatic carbocycles. The van der Waals surface area contributed by atoms with Gasteiger partial charge >= 0.3 is 0 Å². The predicted octanol–water partition coefficient (Wildman–Crippen LogP) is 2.87. The number of amides is 1. The van der Waals surface area contributed by atoms with Crippen LogP contribution in [0.15, 0.2) is 24.3 Å². The molecule has 1 saturated heterocycles. The number of piperidine rings is 1.